The molecule has 92 valence electrons. The number of methoxy groups -OCH3 is 2. The summed E-state index contributed by atoms with van der Waals surface area (Å²) >= 11 is 0. The zero-order chi connectivity index (χ0) is 12.6. The second kappa shape index (κ2) is 3.95. The standard InChI is InChI=1S/C13H16O4/c1-13(12(14)15)6-8-4-10(16-2)11(17-3)5-9(8)7-13/h4-5H,6-7H2,1-3H3,(H,14,15). The number of carboxylic acid groups (broad SMARTS) is 1. The van der Waals surface area contributed by atoms with E-state index in [-0.39, 0.29) is 0 Å². The minimum absolute atomic E-state index is 0.540. The second-order valence-corrected chi connectivity index (χ2v) is 4.70. The molecule has 0 heterocycles. The molecule has 1 aliphatic carbocycles. The molecule has 4 nitrogen and oxygen atoms in total. The maximum atomic E-state index is 11.2. The Labute approximate surface area is 100 Å². The SMILES string of the molecule is COc1cc2c(cc1OC)CC(C)(C(=O)O)C2. The van der Waals surface area contributed by atoms with Crippen molar-refractivity contribution in [1.29, 1.82) is 0 Å². The van der Waals surface area contributed by atoms with Crippen molar-refractivity contribution in [3.8, 4) is 11.5 Å². The third kappa shape index (κ3) is 1.84. The number of carbonyl (C=O) groups is 1. The summed E-state index contributed by atoms with van der Waals surface area (Å²) in [5.74, 6) is 0.549. The van der Waals surface area contributed by atoms with Crippen LogP contribution < -0.4 is 9.47 Å². The lowest BCUT2D eigenvalue weighted by Crippen LogP contribution is -2.27. The molecule has 0 unspecified atom stereocenters. The number of carboxylic acids is 1. The van der Waals surface area contributed by atoms with E-state index in [1.807, 2.05) is 12.1 Å². The first kappa shape index (κ1) is 11.8. The fourth-order valence-corrected chi connectivity index (χ4v) is 2.35. The number of hydrogen-bond acceptors (Lipinski definition) is 3. The van der Waals surface area contributed by atoms with Crippen LogP contribution in [0.2, 0.25) is 0 Å². The summed E-state index contributed by atoms with van der Waals surface area (Å²) in [7, 11) is 3.16. The summed E-state index contributed by atoms with van der Waals surface area (Å²) in [5.41, 5.74) is 1.36. The van der Waals surface area contributed by atoms with Gasteiger partial charge in [0.1, 0.15) is 0 Å². The molecule has 1 N–H and O–H groups in total. The predicted molar refractivity (Wildman–Crippen MR) is 62.7 cm³/mol. The molecule has 1 aliphatic rings. The van der Waals surface area contributed by atoms with E-state index in [1.54, 1.807) is 21.1 Å². The fraction of sp³-hybridized carbons (Fsp3) is 0.462. The van der Waals surface area contributed by atoms with Gasteiger partial charge in [0.05, 0.1) is 19.6 Å². The molecule has 0 radical (unpaired) electrons. The van der Waals surface area contributed by atoms with E-state index in [1.165, 1.54) is 0 Å². The number of hydrogen-bond donors (Lipinski definition) is 1. The average molecular weight is 236 g/mol. The summed E-state index contributed by atoms with van der Waals surface area (Å²) in [4.78, 5) is 11.2. The van der Waals surface area contributed by atoms with Crippen LogP contribution in [0, 0.1) is 5.41 Å². The monoisotopic (exact) mass is 236 g/mol. The average Bonchev–Trinajstić information content (AvgIpc) is 2.63. The number of benzene rings is 1. The highest BCUT2D eigenvalue weighted by Gasteiger charge is 2.40. The first-order valence-electron chi connectivity index (χ1n) is 5.47. The minimum Gasteiger partial charge on any atom is -0.493 e. The van der Waals surface area contributed by atoms with Gasteiger partial charge < -0.3 is 14.6 Å². The van der Waals surface area contributed by atoms with Crippen molar-refractivity contribution in [3.05, 3.63) is 23.3 Å². The van der Waals surface area contributed by atoms with Crippen LogP contribution in [0.25, 0.3) is 0 Å². The van der Waals surface area contributed by atoms with Crippen molar-refractivity contribution in [1.82, 2.24) is 0 Å². The molecule has 0 saturated heterocycles. The highest BCUT2D eigenvalue weighted by atomic mass is 16.5. The third-order valence-electron chi connectivity index (χ3n) is 3.38. The van der Waals surface area contributed by atoms with Crippen molar-refractivity contribution in [2.24, 2.45) is 5.41 Å². The van der Waals surface area contributed by atoms with Gasteiger partial charge >= 0.3 is 5.97 Å². The molecule has 0 bridgehead atoms. The molecule has 4 heteroatoms. The molecule has 0 aromatic heterocycles. The van der Waals surface area contributed by atoms with Gasteiger partial charge in [-0.3, -0.25) is 4.79 Å². The molecule has 1 aromatic carbocycles. The lowest BCUT2D eigenvalue weighted by atomic mass is 9.88. The fourth-order valence-electron chi connectivity index (χ4n) is 2.35. The van der Waals surface area contributed by atoms with Gasteiger partial charge in [0.25, 0.3) is 0 Å². The van der Waals surface area contributed by atoms with E-state index >= 15 is 0 Å². The molecule has 0 aliphatic heterocycles. The lowest BCUT2D eigenvalue weighted by molar-refractivity contribution is -0.147. The van der Waals surface area contributed by atoms with Gasteiger partial charge in [-0.1, -0.05) is 0 Å². The molecule has 17 heavy (non-hydrogen) atoms. The van der Waals surface area contributed by atoms with Gasteiger partial charge in [-0.25, -0.2) is 0 Å². The first-order chi connectivity index (χ1) is 8.00. The van der Waals surface area contributed by atoms with E-state index < -0.39 is 11.4 Å². The van der Waals surface area contributed by atoms with Crippen molar-refractivity contribution in [3.63, 3.8) is 0 Å². The summed E-state index contributed by atoms with van der Waals surface area (Å²) in [5, 5.41) is 9.24. The van der Waals surface area contributed by atoms with Crippen LogP contribution in [0.15, 0.2) is 12.1 Å². The molecule has 0 saturated carbocycles. The Morgan fingerprint density at radius 3 is 1.88 bits per heavy atom. The van der Waals surface area contributed by atoms with E-state index in [4.69, 9.17) is 9.47 Å². The predicted octanol–water partition coefficient (Wildman–Crippen LogP) is 1.89. The highest BCUT2D eigenvalue weighted by molar-refractivity contribution is 5.77. The van der Waals surface area contributed by atoms with Crippen LogP contribution in [0.5, 0.6) is 11.5 Å². The Morgan fingerprint density at radius 2 is 1.59 bits per heavy atom. The summed E-state index contributed by atoms with van der Waals surface area (Å²) < 4.78 is 10.4. The molecular weight excluding hydrogens is 220 g/mol. The molecule has 0 amide bonds. The zero-order valence-corrected chi connectivity index (χ0v) is 10.2. The lowest BCUT2D eigenvalue weighted by Gasteiger charge is -2.16. The Kier molecular flexibility index (Phi) is 2.73. The first-order valence-corrected chi connectivity index (χ1v) is 5.47. The molecular formula is C13H16O4. The number of fused-ring (bicyclic) bond motifs is 1. The Balaban J connectivity index is 2.42. The van der Waals surface area contributed by atoms with E-state index in [0.717, 1.165) is 11.1 Å². The highest BCUT2D eigenvalue weighted by Crippen LogP contribution is 2.42. The van der Waals surface area contributed by atoms with Crippen molar-refractivity contribution in [2.45, 2.75) is 19.8 Å². The van der Waals surface area contributed by atoms with E-state index in [0.29, 0.717) is 24.3 Å². The normalized spacial score (nSPS) is 16.4. The van der Waals surface area contributed by atoms with Crippen LogP contribution in [0.3, 0.4) is 0 Å². The topological polar surface area (TPSA) is 55.8 Å². The maximum Gasteiger partial charge on any atom is 0.310 e. The van der Waals surface area contributed by atoms with Gasteiger partial charge in [0, 0.05) is 0 Å². The smallest absolute Gasteiger partial charge is 0.310 e. The van der Waals surface area contributed by atoms with Gasteiger partial charge in [0.15, 0.2) is 11.5 Å². The molecule has 0 atom stereocenters. The summed E-state index contributed by atoms with van der Waals surface area (Å²) in [6, 6.07) is 3.75. The Hall–Kier alpha value is -1.71. The van der Waals surface area contributed by atoms with Crippen molar-refractivity contribution >= 4 is 5.97 Å². The van der Waals surface area contributed by atoms with Crippen LogP contribution in [0.4, 0.5) is 0 Å². The van der Waals surface area contributed by atoms with E-state index in [9.17, 15) is 9.90 Å². The largest absolute Gasteiger partial charge is 0.493 e. The molecule has 2 rings (SSSR count). The van der Waals surface area contributed by atoms with Gasteiger partial charge in [0.2, 0.25) is 0 Å². The number of ether oxygens (including phenoxy) is 2. The minimum atomic E-state index is -0.758. The van der Waals surface area contributed by atoms with Gasteiger partial charge in [-0.2, -0.15) is 0 Å². The maximum absolute atomic E-state index is 11.2. The van der Waals surface area contributed by atoms with Crippen molar-refractivity contribution in [2.75, 3.05) is 14.2 Å². The molecule has 0 fully saturated rings. The molecule has 1 aromatic rings. The Bertz CT molecular complexity index is 432. The quantitative estimate of drug-likeness (QED) is 0.870. The molecule has 0 spiro atoms. The number of aliphatic carboxylic acids is 1. The van der Waals surface area contributed by atoms with Crippen LogP contribution >= 0.6 is 0 Å². The zero-order valence-electron chi connectivity index (χ0n) is 10.2. The third-order valence-corrected chi connectivity index (χ3v) is 3.38. The summed E-state index contributed by atoms with van der Waals surface area (Å²) in [6.45, 7) is 1.77. The van der Waals surface area contributed by atoms with Gasteiger partial charge in [-0.15, -0.1) is 0 Å². The summed E-state index contributed by atoms with van der Waals surface area (Å²) in [6.07, 6.45) is 1.08. The second-order valence-electron chi connectivity index (χ2n) is 4.70. The van der Waals surface area contributed by atoms with Crippen molar-refractivity contribution < 1.29 is 19.4 Å². The Morgan fingerprint density at radius 1 is 1.18 bits per heavy atom. The van der Waals surface area contributed by atoms with Gasteiger partial charge in [-0.05, 0) is 43.0 Å². The number of rotatable bonds is 3. The van der Waals surface area contributed by atoms with Crippen LogP contribution in [-0.2, 0) is 17.6 Å². The van der Waals surface area contributed by atoms with Crippen LogP contribution in [0.1, 0.15) is 18.1 Å². The van der Waals surface area contributed by atoms with Crippen LogP contribution in [-0.4, -0.2) is 25.3 Å². The van der Waals surface area contributed by atoms with E-state index in [2.05, 4.69) is 0 Å².